The third-order valence-corrected chi connectivity index (χ3v) is 6.74. The zero-order chi connectivity index (χ0) is 24.4. The van der Waals surface area contributed by atoms with Crippen molar-refractivity contribution in [3.63, 3.8) is 0 Å². The lowest BCUT2D eigenvalue weighted by Gasteiger charge is -2.27. The van der Waals surface area contributed by atoms with Crippen LogP contribution in [0.4, 0.5) is 4.39 Å². The Bertz CT molecular complexity index is 1620. The number of carbonyl (C=O) groups excluding carboxylic acids is 1. The molecule has 1 amide bonds. The van der Waals surface area contributed by atoms with Crippen LogP contribution < -0.4 is 0 Å². The summed E-state index contributed by atoms with van der Waals surface area (Å²) >= 11 is 0. The second-order valence-electron chi connectivity index (χ2n) is 9.49. The summed E-state index contributed by atoms with van der Waals surface area (Å²) < 4.78 is 19.2. The smallest absolute Gasteiger partial charge is 0.255 e. The van der Waals surface area contributed by atoms with E-state index in [2.05, 4.69) is 38.4 Å². The van der Waals surface area contributed by atoms with Crippen molar-refractivity contribution in [3.05, 3.63) is 65.5 Å². The summed E-state index contributed by atoms with van der Waals surface area (Å²) in [5.41, 5.74) is 4.73. The first-order chi connectivity index (χ1) is 16.8. The topological polar surface area (TPSA) is 84.6 Å². The number of benzene rings is 1. The number of hydrogen-bond acceptors (Lipinski definition) is 4. The van der Waals surface area contributed by atoms with E-state index in [0.717, 1.165) is 40.4 Å². The fourth-order valence-electron chi connectivity index (χ4n) is 5.19. The van der Waals surface area contributed by atoms with Gasteiger partial charge >= 0.3 is 0 Å². The van der Waals surface area contributed by atoms with Gasteiger partial charge in [-0.25, -0.2) is 19.3 Å². The molecule has 0 atom stereocenters. The molecule has 6 rings (SSSR count). The first kappa shape index (κ1) is 21.5. The van der Waals surface area contributed by atoms with Crippen LogP contribution in [0.25, 0.3) is 33.2 Å². The maximum Gasteiger partial charge on any atom is 0.255 e. The highest BCUT2D eigenvalue weighted by molar-refractivity contribution is 6.01. The maximum absolute atomic E-state index is 15.1. The Kier molecular flexibility index (Phi) is 4.77. The molecule has 0 radical (unpaired) electrons. The monoisotopic (exact) mass is 471 g/mol. The van der Waals surface area contributed by atoms with Gasteiger partial charge in [-0.1, -0.05) is 0 Å². The Balaban J connectivity index is 1.40. The molecule has 1 aromatic carbocycles. The first-order valence-electron chi connectivity index (χ1n) is 11.8. The summed E-state index contributed by atoms with van der Waals surface area (Å²) in [5, 5.41) is 0.774. The maximum atomic E-state index is 15.1. The normalized spacial score (nSPS) is 13.8. The van der Waals surface area contributed by atoms with Gasteiger partial charge in [0.1, 0.15) is 22.8 Å². The fourth-order valence-corrected chi connectivity index (χ4v) is 5.19. The van der Waals surface area contributed by atoms with Crippen LogP contribution in [0.5, 0.6) is 0 Å². The standard InChI is InChI=1S/C26H26FN7O/c1-14(2)34-16(4)31-24-21(27)8-17(9-22(24)34)20-11-29-25-19(20)7-18(10-28-25)26(35)33-6-5-32-12-15(3)30-23(32)13-33/h7-12,14H,5-6,13H2,1-4H3,(H,28,29). The van der Waals surface area contributed by atoms with E-state index in [9.17, 15) is 4.79 Å². The molecule has 0 aliphatic carbocycles. The van der Waals surface area contributed by atoms with Crippen molar-refractivity contribution >= 4 is 28.0 Å². The van der Waals surface area contributed by atoms with Crippen LogP contribution in [0.15, 0.2) is 36.8 Å². The van der Waals surface area contributed by atoms with Gasteiger partial charge in [-0.05, 0) is 51.5 Å². The molecule has 0 bridgehead atoms. The Morgan fingerprint density at radius 1 is 1.14 bits per heavy atom. The van der Waals surface area contributed by atoms with E-state index >= 15 is 4.39 Å². The van der Waals surface area contributed by atoms with Gasteiger partial charge in [0, 0.05) is 48.7 Å². The highest BCUT2D eigenvalue weighted by Crippen LogP contribution is 2.33. The molecule has 1 N–H and O–H groups in total. The number of pyridine rings is 1. The van der Waals surface area contributed by atoms with Gasteiger partial charge in [0.2, 0.25) is 0 Å². The predicted molar refractivity (Wildman–Crippen MR) is 132 cm³/mol. The van der Waals surface area contributed by atoms with E-state index in [4.69, 9.17) is 0 Å². The van der Waals surface area contributed by atoms with Crippen molar-refractivity contribution in [2.24, 2.45) is 0 Å². The van der Waals surface area contributed by atoms with Gasteiger partial charge in [0.15, 0.2) is 5.82 Å². The van der Waals surface area contributed by atoms with Crippen LogP contribution in [-0.4, -0.2) is 46.4 Å². The molecule has 1 aliphatic rings. The number of hydrogen-bond donors (Lipinski definition) is 1. The molecule has 5 aromatic rings. The predicted octanol–water partition coefficient (Wildman–Crippen LogP) is 4.77. The van der Waals surface area contributed by atoms with E-state index in [1.165, 1.54) is 6.07 Å². The highest BCUT2D eigenvalue weighted by atomic mass is 19.1. The number of halogens is 1. The van der Waals surface area contributed by atoms with Crippen LogP contribution >= 0.6 is 0 Å². The van der Waals surface area contributed by atoms with E-state index < -0.39 is 0 Å². The van der Waals surface area contributed by atoms with Crippen molar-refractivity contribution < 1.29 is 9.18 Å². The van der Waals surface area contributed by atoms with Crippen molar-refractivity contribution in [1.29, 1.82) is 0 Å². The number of imidazole rings is 2. The Morgan fingerprint density at radius 2 is 1.97 bits per heavy atom. The highest BCUT2D eigenvalue weighted by Gasteiger charge is 2.24. The second-order valence-corrected chi connectivity index (χ2v) is 9.49. The molecule has 0 fully saturated rings. The van der Waals surface area contributed by atoms with Crippen LogP contribution in [-0.2, 0) is 13.1 Å². The third-order valence-electron chi connectivity index (χ3n) is 6.74. The van der Waals surface area contributed by atoms with Gasteiger partial charge < -0.3 is 19.0 Å². The minimum atomic E-state index is -0.367. The van der Waals surface area contributed by atoms with Crippen LogP contribution in [0.2, 0.25) is 0 Å². The molecule has 0 unspecified atom stereocenters. The first-order valence-corrected chi connectivity index (χ1v) is 11.8. The van der Waals surface area contributed by atoms with Gasteiger partial charge in [0.05, 0.1) is 23.3 Å². The van der Waals surface area contributed by atoms with Crippen molar-refractivity contribution in [1.82, 2.24) is 34.0 Å². The number of rotatable bonds is 3. The molecule has 0 spiro atoms. The summed E-state index contributed by atoms with van der Waals surface area (Å²) in [6, 6.07) is 5.45. The summed E-state index contributed by atoms with van der Waals surface area (Å²) in [6.45, 7) is 9.75. The molecule has 0 saturated carbocycles. The average Bonchev–Trinajstić information content (AvgIpc) is 3.50. The molecule has 1 aliphatic heterocycles. The van der Waals surface area contributed by atoms with E-state index in [1.807, 2.05) is 42.9 Å². The zero-order valence-corrected chi connectivity index (χ0v) is 20.1. The Labute approximate surface area is 201 Å². The number of nitrogens with one attached hydrogen (secondary N) is 1. The van der Waals surface area contributed by atoms with E-state index in [-0.39, 0.29) is 17.8 Å². The molecule has 9 heteroatoms. The lowest BCUT2D eigenvalue weighted by atomic mass is 10.0. The van der Waals surface area contributed by atoms with Crippen LogP contribution in [0, 0.1) is 19.7 Å². The third kappa shape index (κ3) is 3.41. The molecule has 178 valence electrons. The average molecular weight is 472 g/mol. The number of H-pyrrole nitrogens is 1. The lowest BCUT2D eigenvalue weighted by Crippen LogP contribution is -2.38. The fraction of sp³-hybridized carbons (Fsp3) is 0.308. The molecule has 4 aromatic heterocycles. The van der Waals surface area contributed by atoms with Crippen molar-refractivity contribution in [2.75, 3.05) is 6.54 Å². The van der Waals surface area contributed by atoms with E-state index in [0.29, 0.717) is 35.4 Å². The Morgan fingerprint density at radius 3 is 2.77 bits per heavy atom. The minimum Gasteiger partial charge on any atom is -0.346 e. The number of aromatic nitrogens is 6. The summed E-state index contributed by atoms with van der Waals surface area (Å²) in [6.07, 6.45) is 5.42. The second kappa shape index (κ2) is 7.76. The molecule has 5 heterocycles. The van der Waals surface area contributed by atoms with E-state index in [1.54, 1.807) is 11.1 Å². The van der Waals surface area contributed by atoms with Gasteiger partial charge in [-0.3, -0.25) is 4.79 Å². The Hall–Kier alpha value is -4.01. The molecular weight excluding hydrogens is 445 g/mol. The number of amides is 1. The quantitative estimate of drug-likeness (QED) is 0.411. The van der Waals surface area contributed by atoms with Crippen LogP contribution in [0.1, 0.15) is 47.6 Å². The molecule has 35 heavy (non-hydrogen) atoms. The van der Waals surface area contributed by atoms with Gasteiger partial charge in [-0.2, -0.15) is 0 Å². The molecule has 0 saturated heterocycles. The lowest BCUT2D eigenvalue weighted by molar-refractivity contribution is 0.0707. The van der Waals surface area contributed by atoms with Gasteiger partial charge in [0.25, 0.3) is 5.91 Å². The number of fused-ring (bicyclic) bond motifs is 3. The SMILES string of the molecule is Cc1cn2c(n1)CN(C(=O)c1cnc3[nH]cc(-c4cc(F)c5nc(C)n(C(C)C)c5c4)c3c1)CC2. The summed E-state index contributed by atoms with van der Waals surface area (Å²) in [7, 11) is 0. The molecule has 8 nitrogen and oxygen atoms in total. The summed E-state index contributed by atoms with van der Waals surface area (Å²) in [4.78, 5) is 31.8. The van der Waals surface area contributed by atoms with Crippen LogP contribution in [0.3, 0.4) is 0 Å². The zero-order valence-electron chi connectivity index (χ0n) is 20.1. The summed E-state index contributed by atoms with van der Waals surface area (Å²) in [5.74, 6) is 1.21. The van der Waals surface area contributed by atoms with Gasteiger partial charge in [-0.15, -0.1) is 0 Å². The minimum absolute atomic E-state index is 0.0893. The number of nitrogens with zero attached hydrogens (tertiary/aromatic N) is 6. The number of aryl methyl sites for hydroxylation is 2. The number of carbonyl (C=O) groups is 1. The van der Waals surface area contributed by atoms with Crippen molar-refractivity contribution in [3.8, 4) is 11.1 Å². The van der Waals surface area contributed by atoms with Crippen molar-refractivity contribution in [2.45, 2.75) is 46.8 Å². The number of aromatic amines is 1. The largest absolute Gasteiger partial charge is 0.346 e. The molecular formula is C26H26FN7O.